The number of rotatable bonds is 5. The molecule has 0 spiro atoms. The molecule has 1 unspecified atom stereocenters. The zero-order valence-corrected chi connectivity index (χ0v) is 19.9. The van der Waals surface area contributed by atoms with Crippen LogP contribution in [0.15, 0.2) is 30.7 Å². The van der Waals surface area contributed by atoms with Crippen LogP contribution in [0.25, 0.3) is 17.2 Å². The number of nitrogens with zero attached hydrogens (tertiary/aromatic N) is 6. The molecule has 4 aromatic rings. The first-order chi connectivity index (χ1) is 17.7. The quantitative estimate of drug-likeness (QED) is 0.350. The molecule has 3 aromatic heterocycles. The van der Waals surface area contributed by atoms with Crippen LogP contribution in [-0.4, -0.2) is 47.6 Å². The molecule has 0 fully saturated rings. The first kappa shape index (κ1) is 25.6. The molecule has 198 valence electrons. The Hall–Kier alpha value is -4.01. The summed E-state index contributed by atoms with van der Waals surface area (Å²) in [5, 5.41) is 6.32. The minimum Gasteiger partial charge on any atom is -0.383 e. The Kier molecular flexibility index (Phi) is 5.74. The minimum absolute atomic E-state index is 0.0130. The Bertz CT molecular complexity index is 1610. The number of nitrogens with two attached hydrogens (primary N) is 1. The molecule has 1 aliphatic rings. The maximum absolute atomic E-state index is 14.2. The fraction of sp³-hybridized carbons (Fsp3) is 0.273. The van der Waals surface area contributed by atoms with E-state index < -0.39 is 42.1 Å². The molecule has 1 amide bonds. The van der Waals surface area contributed by atoms with E-state index in [4.69, 9.17) is 17.3 Å². The zero-order valence-electron chi connectivity index (χ0n) is 19.1. The molecule has 3 N–H and O–H groups in total. The maximum Gasteiger partial charge on any atom is 0.453 e. The van der Waals surface area contributed by atoms with Crippen molar-refractivity contribution in [1.82, 2.24) is 29.5 Å². The summed E-state index contributed by atoms with van der Waals surface area (Å²) in [6.07, 6.45) is -5.75. The van der Waals surface area contributed by atoms with Crippen molar-refractivity contribution in [2.75, 3.05) is 11.1 Å². The van der Waals surface area contributed by atoms with Gasteiger partial charge >= 0.3 is 12.1 Å². The SMILES string of the molecule is CC1(c2ccc(Cl)c(F)c2)C(=O)Nc2nc(-c3cn4ncnc4c(CCC(F)(F)C(F)(F)F)n3)nc(N)c21. The molecular weight excluding hydrogens is 542 g/mol. The highest BCUT2D eigenvalue weighted by Gasteiger charge is 2.56. The molecule has 0 radical (unpaired) electrons. The number of amides is 1. The first-order valence-electron chi connectivity index (χ1n) is 10.8. The van der Waals surface area contributed by atoms with E-state index in [0.717, 1.165) is 16.9 Å². The second kappa shape index (κ2) is 8.51. The summed E-state index contributed by atoms with van der Waals surface area (Å²) in [6.45, 7) is 1.49. The average Bonchev–Trinajstić information content (AvgIpc) is 3.41. The van der Waals surface area contributed by atoms with E-state index in [1.165, 1.54) is 25.3 Å². The van der Waals surface area contributed by atoms with Gasteiger partial charge in [-0.15, -0.1) is 0 Å². The van der Waals surface area contributed by atoms with Crippen molar-refractivity contribution in [2.24, 2.45) is 0 Å². The van der Waals surface area contributed by atoms with Crippen LogP contribution in [0, 0.1) is 5.82 Å². The van der Waals surface area contributed by atoms with Gasteiger partial charge in [0.1, 0.15) is 34.9 Å². The van der Waals surface area contributed by atoms with E-state index in [-0.39, 0.29) is 50.6 Å². The molecule has 4 heterocycles. The summed E-state index contributed by atoms with van der Waals surface area (Å²) >= 11 is 5.76. The zero-order chi connectivity index (χ0) is 27.6. The highest BCUT2D eigenvalue weighted by Crippen LogP contribution is 2.45. The normalized spacial score (nSPS) is 17.6. The third kappa shape index (κ3) is 3.97. The van der Waals surface area contributed by atoms with E-state index in [1.54, 1.807) is 0 Å². The summed E-state index contributed by atoms with van der Waals surface area (Å²) in [5.41, 5.74) is 4.77. The highest BCUT2D eigenvalue weighted by atomic mass is 35.5. The average molecular weight is 557 g/mol. The highest BCUT2D eigenvalue weighted by molar-refractivity contribution is 6.30. The molecule has 1 aliphatic heterocycles. The standard InChI is InChI=1S/C22H15ClF6N8O/c1-20(9-2-3-10(23)11(24)6-9)14-15(30)34-16(35-17(14)36-19(20)38)13-7-37-18(31-8-32-37)12(33-13)4-5-21(25,26)22(27,28)29/h2-3,6-8H,4-5H2,1H3,(H3,30,34,35,36,38). The molecule has 0 aliphatic carbocycles. The van der Waals surface area contributed by atoms with Gasteiger partial charge in [0.25, 0.3) is 0 Å². The molecule has 9 nitrogen and oxygen atoms in total. The second-order valence-electron chi connectivity index (χ2n) is 8.67. The van der Waals surface area contributed by atoms with Crippen molar-refractivity contribution in [1.29, 1.82) is 0 Å². The van der Waals surface area contributed by atoms with Crippen molar-refractivity contribution in [3.05, 3.63) is 58.4 Å². The van der Waals surface area contributed by atoms with Gasteiger partial charge < -0.3 is 11.1 Å². The molecule has 16 heteroatoms. The molecule has 0 saturated carbocycles. The van der Waals surface area contributed by atoms with Crippen LogP contribution >= 0.6 is 11.6 Å². The monoisotopic (exact) mass is 556 g/mol. The number of anilines is 2. The van der Waals surface area contributed by atoms with Crippen molar-refractivity contribution in [3.8, 4) is 11.5 Å². The van der Waals surface area contributed by atoms with Gasteiger partial charge in [-0.3, -0.25) is 4.79 Å². The van der Waals surface area contributed by atoms with Gasteiger partial charge in [0.2, 0.25) is 5.91 Å². The summed E-state index contributed by atoms with van der Waals surface area (Å²) in [5.74, 6) is -6.65. The number of benzene rings is 1. The predicted molar refractivity (Wildman–Crippen MR) is 122 cm³/mol. The number of aryl methyl sites for hydroxylation is 1. The van der Waals surface area contributed by atoms with Crippen LogP contribution < -0.4 is 11.1 Å². The van der Waals surface area contributed by atoms with Crippen LogP contribution in [0.3, 0.4) is 0 Å². The molecule has 38 heavy (non-hydrogen) atoms. The number of halogens is 7. The molecular formula is C22H15ClF6N8O. The molecule has 0 saturated heterocycles. The number of hydrogen-bond acceptors (Lipinski definition) is 7. The minimum atomic E-state index is -5.73. The van der Waals surface area contributed by atoms with Crippen molar-refractivity contribution >= 4 is 34.8 Å². The fourth-order valence-electron chi connectivity index (χ4n) is 4.19. The topological polar surface area (TPSA) is 124 Å². The van der Waals surface area contributed by atoms with Crippen molar-refractivity contribution in [2.45, 2.75) is 37.3 Å². The fourth-order valence-corrected chi connectivity index (χ4v) is 4.31. The van der Waals surface area contributed by atoms with Crippen LogP contribution in [-0.2, 0) is 16.6 Å². The lowest BCUT2D eigenvalue weighted by Crippen LogP contribution is -2.36. The van der Waals surface area contributed by atoms with Crippen LogP contribution in [0.1, 0.15) is 30.2 Å². The lowest BCUT2D eigenvalue weighted by Gasteiger charge is -2.23. The number of nitrogen functional groups attached to an aromatic ring is 1. The molecule has 5 rings (SSSR count). The second-order valence-corrected chi connectivity index (χ2v) is 9.07. The first-order valence-corrected chi connectivity index (χ1v) is 11.2. The number of alkyl halides is 5. The van der Waals surface area contributed by atoms with E-state index in [2.05, 4.69) is 30.4 Å². The van der Waals surface area contributed by atoms with Gasteiger partial charge in [-0.05, 0) is 31.0 Å². The Morgan fingerprint density at radius 1 is 1.16 bits per heavy atom. The summed E-state index contributed by atoms with van der Waals surface area (Å²) in [6, 6.07) is 3.83. The smallest absolute Gasteiger partial charge is 0.383 e. The third-order valence-corrected chi connectivity index (χ3v) is 6.58. The number of carbonyl (C=O) groups is 1. The van der Waals surface area contributed by atoms with Crippen LogP contribution in [0.2, 0.25) is 5.02 Å². The van der Waals surface area contributed by atoms with Crippen molar-refractivity contribution in [3.63, 3.8) is 0 Å². The summed E-state index contributed by atoms with van der Waals surface area (Å²) < 4.78 is 80.4. The van der Waals surface area contributed by atoms with E-state index >= 15 is 0 Å². The summed E-state index contributed by atoms with van der Waals surface area (Å²) in [4.78, 5) is 29.5. The van der Waals surface area contributed by atoms with Gasteiger partial charge in [0, 0.05) is 6.42 Å². The lowest BCUT2D eigenvalue weighted by atomic mass is 9.77. The third-order valence-electron chi connectivity index (χ3n) is 6.27. The predicted octanol–water partition coefficient (Wildman–Crippen LogP) is 4.34. The summed E-state index contributed by atoms with van der Waals surface area (Å²) in [7, 11) is 0. The lowest BCUT2D eigenvalue weighted by molar-refractivity contribution is -0.284. The maximum atomic E-state index is 14.2. The Balaban J connectivity index is 1.57. The van der Waals surface area contributed by atoms with Gasteiger partial charge in [-0.25, -0.2) is 28.8 Å². The van der Waals surface area contributed by atoms with Crippen molar-refractivity contribution < 1.29 is 31.1 Å². The molecule has 0 bridgehead atoms. The van der Waals surface area contributed by atoms with E-state index in [0.29, 0.717) is 0 Å². The van der Waals surface area contributed by atoms with Gasteiger partial charge in [-0.2, -0.15) is 27.1 Å². The van der Waals surface area contributed by atoms with E-state index in [1.807, 2.05) is 0 Å². The van der Waals surface area contributed by atoms with Gasteiger partial charge in [0.15, 0.2) is 11.5 Å². The molecule has 1 atom stereocenters. The number of carbonyl (C=O) groups excluding carboxylic acids is 1. The number of fused-ring (bicyclic) bond motifs is 2. The van der Waals surface area contributed by atoms with Gasteiger partial charge in [0.05, 0.1) is 22.5 Å². The Morgan fingerprint density at radius 3 is 2.58 bits per heavy atom. The van der Waals surface area contributed by atoms with E-state index in [9.17, 15) is 31.1 Å². The number of aromatic nitrogens is 6. The van der Waals surface area contributed by atoms with Crippen LogP contribution in [0.4, 0.5) is 38.0 Å². The largest absolute Gasteiger partial charge is 0.453 e. The Morgan fingerprint density at radius 2 is 1.89 bits per heavy atom. The number of hydrogen-bond donors (Lipinski definition) is 2. The van der Waals surface area contributed by atoms with Gasteiger partial charge in [-0.1, -0.05) is 17.7 Å². The molecule has 1 aromatic carbocycles. The van der Waals surface area contributed by atoms with Crippen LogP contribution in [0.5, 0.6) is 0 Å². The number of nitrogens with one attached hydrogen (secondary N) is 1. The Labute approximate surface area is 214 Å².